The lowest BCUT2D eigenvalue weighted by molar-refractivity contribution is -0.113. The van der Waals surface area contributed by atoms with E-state index in [0.717, 1.165) is 24.2 Å². The van der Waals surface area contributed by atoms with Gasteiger partial charge in [0.25, 0.3) is 0 Å². The third kappa shape index (κ3) is 5.20. The van der Waals surface area contributed by atoms with Crippen LogP contribution in [0.4, 0.5) is 5.69 Å². The molecule has 1 aliphatic rings. The first-order chi connectivity index (χ1) is 15.4. The minimum absolute atomic E-state index is 0.139. The van der Waals surface area contributed by atoms with Gasteiger partial charge in [0.2, 0.25) is 15.9 Å². The highest BCUT2D eigenvalue weighted by molar-refractivity contribution is 7.99. The highest BCUT2D eigenvalue weighted by Crippen LogP contribution is 2.23. The molecule has 1 amide bonds. The van der Waals surface area contributed by atoms with Crippen molar-refractivity contribution < 1.29 is 13.2 Å². The summed E-state index contributed by atoms with van der Waals surface area (Å²) in [6.45, 7) is 1.08. The second-order valence-electron chi connectivity index (χ2n) is 7.60. The number of carbonyl (C=O) groups is 1. The van der Waals surface area contributed by atoms with Crippen molar-refractivity contribution in [2.45, 2.75) is 29.3 Å². The van der Waals surface area contributed by atoms with Crippen LogP contribution in [0.25, 0.3) is 0 Å². The summed E-state index contributed by atoms with van der Waals surface area (Å²) in [4.78, 5) is 12.7. The fourth-order valence-corrected chi connectivity index (χ4v) is 5.84. The van der Waals surface area contributed by atoms with Crippen molar-refractivity contribution in [2.24, 2.45) is 7.05 Å². The smallest absolute Gasteiger partial charge is 0.243 e. The van der Waals surface area contributed by atoms with Crippen LogP contribution in [0.1, 0.15) is 24.2 Å². The number of rotatable bonds is 8. The molecule has 1 aromatic heterocycles. The maximum atomic E-state index is 12.7. The van der Waals surface area contributed by atoms with Crippen molar-refractivity contribution in [3.8, 4) is 0 Å². The van der Waals surface area contributed by atoms with Gasteiger partial charge in [0.1, 0.15) is 5.82 Å². The molecule has 1 fully saturated rings. The van der Waals surface area contributed by atoms with Gasteiger partial charge >= 0.3 is 0 Å². The summed E-state index contributed by atoms with van der Waals surface area (Å²) in [5.74, 6) is 0.720. The first kappa shape index (κ1) is 22.5. The van der Waals surface area contributed by atoms with Gasteiger partial charge in [-0.1, -0.05) is 48.2 Å². The van der Waals surface area contributed by atoms with Gasteiger partial charge in [0, 0.05) is 32.2 Å². The van der Waals surface area contributed by atoms with Crippen molar-refractivity contribution in [1.29, 1.82) is 0 Å². The number of hydrogen-bond donors (Lipinski definition) is 1. The van der Waals surface area contributed by atoms with Crippen LogP contribution in [-0.4, -0.2) is 52.2 Å². The van der Waals surface area contributed by atoms with Crippen molar-refractivity contribution in [3.63, 3.8) is 0 Å². The van der Waals surface area contributed by atoms with Crippen LogP contribution in [0.15, 0.2) is 64.6 Å². The molecule has 10 heteroatoms. The van der Waals surface area contributed by atoms with E-state index >= 15 is 0 Å². The van der Waals surface area contributed by atoms with E-state index in [0.29, 0.717) is 30.4 Å². The number of hydrogen-bond acceptors (Lipinski definition) is 6. The van der Waals surface area contributed by atoms with Crippen LogP contribution >= 0.6 is 11.8 Å². The van der Waals surface area contributed by atoms with E-state index in [9.17, 15) is 13.2 Å². The predicted molar refractivity (Wildman–Crippen MR) is 124 cm³/mol. The molecule has 0 unspecified atom stereocenters. The maximum absolute atomic E-state index is 12.7. The largest absolute Gasteiger partial charge is 0.325 e. The lowest BCUT2D eigenvalue weighted by atomic mass is 10.1. The minimum Gasteiger partial charge on any atom is -0.325 e. The van der Waals surface area contributed by atoms with E-state index in [-0.39, 0.29) is 16.6 Å². The zero-order chi connectivity index (χ0) is 22.6. The first-order valence-electron chi connectivity index (χ1n) is 10.4. The normalized spacial score (nSPS) is 14.5. The number of carbonyl (C=O) groups excluding carboxylic acids is 1. The fourth-order valence-electron chi connectivity index (χ4n) is 3.54. The molecule has 0 aliphatic carbocycles. The molecule has 0 bridgehead atoms. The van der Waals surface area contributed by atoms with E-state index in [1.54, 1.807) is 18.2 Å². The Hall–Kier alpha value is -2.69. The number of sulfonamides is 1. The Kier molecular flexibility index (Phi) is 6.92. The molecule has 2 heterocycles. The standard InChI is InChI=1S/C22H25N5O3S2/c1-26-20(14-17-8-3-2-4-9-17)24-25-22(26)31-16-21(28)23-18-10-7-11-19(15-18)32(29,30)27-12-5-6-13-27/h2-4,7-11,15H,5-6,12-14,16H2,1H3,(H,23,28). The van der Waals surface area contributed by atoms with Crippen molar-refractivity contribution >= 4 is 33.4 Å². The predicted octanol–water partition coefficient (Wildman–Crippen LogP) is 2.92. The van der Waals surface area contributed by atoms with Gasteiger partial charge in [-0.25, -0.2) is 8.42 Å². The highest BCUT2D eigenvalue weighted by atomic mass is 32.2. The number of aromatic nitrogens is 3. The average molecular weight is 472 g/mol. The molecule has 0 saturated carbocycles. The Labute approximate surface area is 192 Å². The van der Waals surface area contributed by atoms with Gasteiger partial charge in [-0.2, -0.15) is 4.31 Å². The molecule has 0 spiro atoms. The fraction of sp³-hybridized carbons (Fsp3) is 0.318. The van der Waals surface area contributed by atoms with Gasteiger partial charge in [-0.3, -0.25) is 4.79 Å². The molecule has 8 nitrogen and oxygen atoms in total. The molecule has 3 aromatic rings. The Morgan fingerprint density at radius 2 is 1.81 bits per heavy atom. The van der Waals surface area contributed by atoms with Gasteiger partial charge < -0.3 is 9.88 Å². The molecule has 2 aromatic carbocycles. The Morgan fingerprint density at radius 1 is 1.06 bits per heavy atom. The third-order valence-corrected chi connectivity index (χ3v) is 8.20. The van der Waals surface area contributed by atoms with Crippen molar-refractivity contribution in [3.05, 3.63) is 66.0 Å². The van der Waals surface area contributed by atoms with Crippen LogP contribution in [-0.2, 0) is 28.3 Å². The van der Waals surface area contributed by atoms with Gasteiger partial charge in [-0.15, -0.1) is 10.2 Å². The zero-order valence-corrected chi connectivity index (χ0v) is 19.4. The molecule has 1 saturated heterocycles. The highest BCUT2D eigenvalue weighted by Gasteiger charge is 2.27. The summed E-state index contributed by atoms with van der Waals surface area (Å²) < 4.78 is 28.9. The van der Waals surface area contributed by atoms with E-state index in [1.165, 1.54) is 22.1 Å². The molecule has 168 valence electrons. The van der Waals surface area contributed by atoms with Crippen LogP contribution in [0.2, 0.25) is 0 Å². The summed E-state index contributed by atoms with van der Waals surface area (Å²) in [7, 11) is -1.65. The lowest BCUT2D eigenvalue weighted by Crippen LogP contribution is -2.28. The van der Waals surface area contributed by atoms with Crippen LogP contribution < -0.4 is 5.32 Å². The van der Waals surface area contributed by atoms with Crippen LogP contribution in [0, 0.1) is 0 Å². The van der Waals surface area contributed by atoms with Gasteiger partial charge in [0.05, 0.1) is 10.6 Å². The molecule has 1 aliphatic heterocycles. The van der Waals surface area contributed by atoms with E-state index < -0.39 is 10.0 Å². The SMILES string of the molecule is Cn1c(Cc2ccccc2)nnc1SCC(=O)Nc1cccc(S(=O)(=O)N2CCCC2)c1. The van der Waals surface area contributed by atoms with Crippen molar-refractivity contribution in [2.75, 3.05) is 24.2 Å². The number of thioether (sulfide) groups is 1. The average Bonchev–Trinajstić information content (AvgIpc) is 3.45. The summed E-state index contributed by atoms with van der Waals surface area (Å²) >= 11 is 1.29. The van der Waals surface area contributed by atoms with Crippen LogP contribution in [0.5, 0.6) is 0 Å². The molecule has 1 N–H and O–H groups in total. The summed E-state index contributed by atoms with van der Waals surface area (Å²) in [5, 5.41) is 11.9. The Bertz CT molecular complexity index is 1190. The maximum Gasteiger partial charge on any atom is 0.243 e. The lowest BCUT2D eigenvalue weighted by Gasteiger charge is -2.16. The Morgan fingerprint density at radius 3 is 2.56 bits per heavy atom. The third-order valence-electron chi connectivity index (χ3n) is 5.28. The second-order valence-corrected chi connectivity index (χ2v) is 10.5. The molecule has 0 atom stereocenters. The molecular weight excluding hydrogens is 446 g/mol. The van der Waals surface area contributed by atoms with E-state index in [1.807, 2.05) is 41.9 Å². The summed E-state index contributed by atoms with van der Waals surface area (Å²) in [5.41, 5.74) is 1.60. The number of benzene rings is 2. The summed E-state index contributed by atoms with van der Waals surface area (Å²) in [6.07, 6.45) is 2.42. The number of anilines is 1. The Balaban J connectivity index is 1.36. The van der Waals surface area contributed by atoms with E-state index in [4.69, 9.17) is 0 Å². The number of nitrogens with zero attached hydrogens (tertiary/aromatic N) is 4. The first-order valence-corrected chi connectivity index (χ1v) is 12.8. The quantitative estimate of drug-likeness (QED) is 0.508. The second kappa shape index (κ2) is 9.85. The molecule has 32 heavy (non-hydrogen) atoms. The van der Waals surface area contributed by atoms with Crippen LogP contribution in [0.3, 0.4) is 0 Å². The van der Waals surface area contributed by atoms with Gasteiger partial charge in [0.15, 0.2) is 5.16 Å². The monoisotopic (exact) mass is 471 g/mol. The zero-order valence-electron chi connectivity index (χ0n) is 17.8. The number of amides is 1. The topological polar surface area (TPSA) is 97.2 Å². The number of nitrogens with one attached hydrogen (secondary N) is 1. The molecule has 4 rings (SSSR count). The van der Waals surface area contributed by atoms with Gasteiger partial charge in [-0.05, 0) is 36.6 Å². The molecule has 0 radical (unpaired) electrons. The molecular formula is C22H25N5O3S2. The summed E-state index contributed by atoms with van der Waals surface area (Å²) in [6, 6.07) is 16.4. The van der Waals surface area contributed by atoms with Crippen molar-refractivity contribution in [1.82, 2.24) is 19.1 Å². The van der Waals surface area contributed by atoms with E-state index in [2.05, 4.69) is 15.5 Å². The minimum atomic E-state index is -3.53.